The SMILES string of the molecule is Cc1cc(C)cc(-c2ccc3c4ccccc4n(-c4cncc(-n5c6ccccc6c6ccc(-c7cc(C)cc(C)c7)cc65)c4-c4ccccc4C#N)c3c2)c1. The standard InChI is InChI=1S/C52H38N4/c1-32-21-33(2)24-39(23-32)36-17-19-44-42-13-7-9-15-46(42)55(48(44)27-36)50-30-54-31-51(52(50)41-12-6-5-11-38(41)29-53)56-47-16-10-8-14-43(47)45-20-18-37(28-49(45)56)40-25-34(3)22-35(4)26-40/h5-28,30-31H,1-4H3. The van der Waals surface area contributed by atoms with E-state index in [2.05, 4.69) is 170 Å². The van der Waals surface area contributed by atoms with E-state index < -0.39 is 0 Å². The highest BCUT2D eigenvalue weighted by molar-refractivity contribution is 6.13. The number of nitrogens with zero attached hydrogens (tertiary/aromatic N) is 4. The number of rotatable bonds is 5. The van der Waals surface area contributed by atoms with Crippen molar-refractivity contribution in [3.63, 3.8) is 0 Å². The summed E-state index contributed by atoms with van der Waals surface area (Å²) in [6.07, 6.45) is 3.94. The number of fused-ring (bicyclic) bond motifs is 6. The van der Waals surface area contributed by atoms with Gasteiger partial charge in [-0.2, -0.15) is 5.26 Å². The van der Waals surface area contributed by atoms with Gasteiger partial charge in [0.15, 0.2) is 0 Å². The zero-order valence-electron chi connectivity index (χ0n) is 31.8. The number of pyridine rings is 1. The maximum atomic E-state index is 10.6. The van der Waals surface area contributed by atoms with Gasteiger partial charge in [-0.15, -0.1) is 0 Å². The Morgan fingerprint density at radius 3 is 1.34 bits per heavy atom. The molecule has 0 N–H and O–H groups in total. The summed E-state index contributed by atoms with van der Waals surface area (Å²) in [5, 5.41) is 15.3. The molecule has 10 aromatic rings. The largest absolute Gasteiger partial charge is 0.307 e. The minimum absolute atomic E-state index is 0.606. The van der Waals surface area contributed by atoms with Crippen molar-refractivity contribution >= 4 is 43.6 Å². The van der Waals surface area contributed by atoms with E-state index in [9.17, 15) is 5.26 Å². The number of hydrogen-bond acceptors (Lipinski definition) is 2. The van der Waals surface area contributed by atoms with E-state index in [-0.39, 0.29) is 0 Å². The number of para-hydroxylation sites is 2. The van der Waals surface area contributed by atoms with Gasteiger partial charge in [0.05, 0.1) is 57.5 Å². The first-order chi connectivity index (χ1) is 27.4. The van der Waals surface area contributed by atoms with Gasteiger partial charge in [-0.1, -0.05) is 138 Å². The highest BCUT2D eigenvalue weighted by Gasteiger charge is 2.24. The Morgan fingerprint density at radius 2 is 0.857 bits per heavy atom. The highest BCUT2D eigenvalue weighted by Crippen LogP contribution is 2.43. The average Bonchev–Trinajstić information content (AvgIpc) is 3.72. The van der Waals surface area contributed by atoms with Crippen molar-refractivity contribution < 1.29 is 0 Å². The summed E-state index contributed by atoms with van der Waals surface area (Å²) in [6.45, 7) is 8.62. The van der Waals surface area contributed by atoms with Crippen molar-refractivity contribution in [2.75, 3.05) is 0 Å². The van der Waals surface area contributed by atoms with Crippen LogP contribution in [-0.2, 0) is 0 Å². The van der Waals surface area contributed by atoms with E-state index in [1.165, 1.54) is 33.4 Å². The molecule has 0 atom stereocenters. The quantitative estimate of drug-likeness (QED) is 0.178. The van der Waals surface area contributed by atoms with Crippen LogP contribution in [0.1, 0.15) is 27.8 Å². The van der Waals surface area contributed by atoms with Crippen LogP contribution in [0, 0.1) is 39.0 Å². The third kappa shape index (κ3) is 5.32. The van der Waals surface area contributed by atoms with Gasteiger partial charge in [-0.05, 0) is 80.3 Å². The fourth-order valence-electron chi connectivity index (χ4n) is 8.95. The molecule has 3 heterocycles. The van der Waals surface area contributed by atoms with Gasteiger partial charge in [-0.3, -0.25) is 4.98 Å². The minimum atomic E-state index is 0.606. The molecule has 0 amide bonds. The second-order valence-corrected chi connectivity index (χ2v) is 15.1. The summed E-state index contributed by atoms with van der Waals surface area (Å²) in [4.78, 5) is 5.05. The molecule has 0 saturated heterocycles. The van der Waals surface area contributed by atoms with Crippen LogP contribution in [0.2, 0.25) is 0 Å². The van der Waals surface area contributed by atoms with Crippen LogP contribution < -0.4 is 0 Å². The molecule has 0 radical (unpaired) electrons. The molecule has 0 spiro atoms. The molecule has 4 nitrogen and oxygen atoms in total. The molecule has 56 heavy (non-hydrogen) atoms. The van der Waals surface area contributed by atoms with Crippen molar-refractivity contribution in [2.24, 2.45) is 0 Å². The van der Waals surface area contributed by atoms with E-state index in [1.807, 2.05) is 30.6 Å². The van der Waals surface area contributed by atoms with E-state index in [0.717, 1.165) is 77.2 Å². The van der Waals surface area contributed by atoms with Crippen LogP contribution in [0.5, 0.6) is 0 Å². The Kier molecular flexibility index (Phi) is 7.73. The van der Waals surface area contributed by atoms with Gasteiger partial charge in [-0.25, -0.2) is 0 Å². The first-order valence-electron chi connectivity index (χ1n) is 19.1. The summed E-state index contributed by atoms with van der Waals surface area (Å²) >= 11 is 0. The molecule has 0 aliphatic heterocycles. The fraction of sp³-hybridized carbons (Fsp3) is 0.0769. The van der Waals surface area contributed by atoms with Crippen LogP contribution >= 0.6 is 0 Å². The molecule has 0 aliphatic carbocycles. The Morgan fingerprint density at radius 1 is 0.429 bits per heavy atom. The number of hydrogen-bond donors (Lipinski definition) is 0. The molecule has 0 bridgehead atoms. The highest BCUT2D eigenvalue weighted by atomic mass is 15.0. The Hall–Kier alpha value is -7.22. The Labute approximate surface area is 326 Å². The van der Waals surface area contributed by atoms with E-state index >= 15 is 0 Å². The van der Waals surface area contributed by atoms with Crippen LogP contribution in [0.15, 0.2) is 158 Å². The molecule has 4 heteroatoms. The molecule has 0 saturated carbocycles. The zero-order chi connectivity index (χ0) is 38.1. The van der Waals surface area contributed by atoms with Gasteiger partial charge in [0, 0.05) is 32.7 Å². The van der Waals surface area contributed by atoms with E-state index in [1.54, 1.807) is 0 Å². The lowest BCUT2D eigenvalue weighted by Gasteiger charge is -2.20. The molecular weight excluding hydrogens is 681 g/mol. The Balaban J connectivity index is 1.34. The van der Waals surface area contributed by atoms with Gasteiger partial charge in [0.2, 0.25) is 0 Å². The lowest BCUT2D eigenvalue weighted by atomic mass is 9.97. The lowest BCUT2D eigenvalue weighted by molar-refractivity contribution is 1.09. The average molecular weight is 719 g/mol. The number of aryl methyl sites for hydroxylation is 4. The van der Waals surface area contributed by atoms with Gasteiger partial charge < -0.3 is 9.13 Å². The van der Waals surface area contributed by atoms with E-state index in [0.29, 0.717) is 5.56 Å². The van der Waals surface area contributed by atoms with Gasteiger partial charge in [0.25, 0.3) is 0 Å². The fourth-order valence-corrected chi connectivity index (χ4v) is 8.95. The second-order valence-electron chi connectivity index (χ2n) is 15.1. The molecule has 10 rings (SSSR count). The molecule has 0 aliphatic rings. The minimum Gasteiger partial charge on any atom is -0.307 e. The Bertz CT molecular complexity index is 3030. The van der Waals surface area contributed by atoms with Crippen LogP contribution in [-0.4, -0.2) is 14.1 Å². The first kappa shape index (κ1) is 33.4. The molecule has 0 unspecified atom stereocenters. The van der Waals surface area contributed by atoms with Gasteiger partial charge in [0.1, 0.15) is 0 Å². The summed E-state index contributed by atoms with van der Waals surface area (Å²) in [6, 6.07) is 54.7. The third-order valence-corrected chi connectivity index (χ3v) is 11.2. The maximum Gasteiger partial charge on any atom is 0.0998 e. The number of benzene rings is 7. The van der Waals surface area contributed by atoms with Crippen LogP contribution in [0.4, 0.5) is 0 Å². The monoisotopic (exact) mass is 718 g/mol. The van der Waals surface area contributed by atoms with Crippen molar-refractivity contribution in [2.45, 2.75) is 27.7 Å². The molecule has 0 fully saturated rings. The molecule has 7 aromatic carbocycles. The molecular formula is C52H38N4. The van der Waals surface area contributed by atoms with Crippen LogP contribution in [0.3, 0.4) is 0 Å². The van der Waals surface area contributed by atoms with Gasteiger partial charge >= 0.3 is 0 Å². The predicted octanol–water partition coefficient (Wildman–Crippen LogP) is 13.4. The number of nitriles is 1. The van der Waals surface area contributed by atoms with E-state index in [4.69, 9.17) is 4.98 Å². The summed E-state index contributed by atoms with van der Waals surface area (Å²) in [5.74, 6) is 0. The van der Waals surface area contributed by atoms with Crippen molar-refractivity contribution in [3.8, 4) is 50.8 Å². The summed E-state index contributed by atoms with van der Waals surface area (Å²) in [5.41, 5.74) is 18.2. The number of aromatic nitrogens is 3. The summed E-state index contributed by atoms with van der Waals surface area (Å²) in [7, 11) is 0. The smallest absolute Gasteiger partial charge is 0.0998 e. The summed E-state index contributed by atoms with van der Waals surface area (Å²) < 4.78 is 4.71. The maximum absolute atomic E-state index is 10.6. The normalized spacial score (nSPS) is 11.6. The second kappa shape index (κ2) is 13.0. The molecule has 3 aromatic heterocycles. The van der Waals surface area contributed by atoms with Crippen LogP contribution in [0.25, 0.3) is 88.4 Å². The third-order valence-electron chi connectivity index (χ3n) is 11.2. The molecule has 266 valence electrons. The topological polar surface area (TPSA) is 46.5 Å². The first-order valence-corrected chi connectivity index (χ1v) is 19.1. The predicted molar refractivity (Wildman–Crippen MR) is 233 cm³/mol. The van der Waals surface area contributed by atoms with Crippen molar-refractivity contribution in [1.29, 1.82) is 5.26 Å². The van der Waals surface area contributed by atoms with Crippen molar-refractivity contribution in [1.82, 2.24) is 14.1 Å². The van der Waals surface area contributed by atoms with Crippen molar-refractivity contribution in [3.05, 3.63) is 186 Å². The zero-order valence-corrected chi connectivity index (χ0v) is 31.8. The lowest BCUT2D eigenvalue weighted by Crippen LogP contribution is -2.05.